The highest BCUT2D eigenvalue weighted by Crippen LogP contribution is 2.46. The largest absolute Gasteiger partial charge is 0.468 e. The highest BCUT2D eigenvalue weighted by Gasteiger charge is 2.44. The van der Waals surface area contributed by atoms with Crippen LogP contribution in [-0.2, 0) is 9.53 Å². The summed E-state index contributed by atoms with van der Waals surface area (Å²) in [6, 6.07) is 10.6. The van der Waals surface area contributed by atoms with Gasteiger partial charge in [-0.3, -0.25) is 10.1 Å². The Kier molecular flexibility index (Phi) is 4.03. The molecule has 1 aromatic carbocycles. The van der Waals surface area contributed by atoms with Crippen molar-refractivity contribution in [1.29, 1.82) is 0 Å². The molecule has 3 rings (SSSR count). The van der Waals surface area contributed by atoms with E-state index in [4.69, 9.17) is 4.74 Å². The minimum absolute atomic E-state index is 0.101. The maximum Gasteiger partial charge on any atom is 0.323 e. The summed E-state index contributed by atoms with van der Waals surface area (Å²) < 4.78 is 4.84. The second kappa shape index (κ2) is 5.78. The van der Waals surface area contributed by atoms with Crippen molar-refractivity contribution in [3.63, 3.8) is 0 Å². The molecule has 20 heavy (non-hydrogen) atoms. The van der Waals surface area contributed by atoms with Gasteiger partial charge in [-0.25, -0.2) is 0 Å². The van der Waals surface area contributed by atoms with Gasteiger partial charge in [-0.15, -0.1) is 11.8 Å². The normalized spacial score (nSPS) is 33.2. The molecule has 1 aromatic rings. The van der Waals surface area contributed by atoms with E-state index >= 15 is 0 Å². The van der Waals surface area contributed by atoms with E-state index in [0.29, 0.717) is 5.92 Å². The molecule has 1 aliphatic heterocycles. The van der Waals surface area contributed by atoms with Crippen LogP contribution in [-0.4, -0.2) is 29.7 Å². The highest BCUT2D eigenvalue weighted by molar-refractivity contribution is 8.00. The van der Waals surface area contributed by atoms with Gasteiger partial charge in [0.05, 0.1) is 12.0 Å². The zero-order chi connectivity index (χ0) is 14.0. The molecule has 1 saturated heterocycles. The van der Waals surface area contributed by atoms with Gasteiger partial charge in [0.2, 0.25) is 0 Å². The van der Waals surface area contributed by atoms with Gasteiger partial charge in [-0.05, 0) is 37.2 Å². The zero-order valence-corrected chi connectivity index (χ0v) is 12.6. The Labute approximate surface area is 124 Å². The van der Waals surface area contributed by atoms with Crippen LogP contribution in [0.2, 0.25) is 0 Å². The van der Waals surface area contributed by atoms with Crippen molar-refractivity contribution < 1.29 is 9.53 Å². The van der Waals surface area contributed by atoms with E-state index in [1.165, 1.54) is 25.5 Å². The highest BCUT2D eigenvalue weighted by atomic mass is 32.2. The lowest BCUT2D eigenvalue weighted by molar-refractivity contribution is -0.142. The van der Waals surface area contributed by atoms with E-state index < -0.39 is 0 Å². The Balaban J connectivity index is 1.60. The van der Waals surface area contributed by atoms with Crippen LogP contribution in [0.1, 0.15) is 37.2 Å². The predicted octanol–water partition coefficient (Wildman–Crippen LogP) is 2.92. The molecule has 3 nitrogen and oxygen atoms in total. The van der Waals surface area contributed by atoms with Crippen molar-refractivity contribution >= 4 is 17.7 Å². The van der Waals surface area contributed by atoms with Crippen LogP contribution < -0.4 is 5.32 Å². The summed E-state index contributed by atoms with van der Waals surface area (Å²) >= 11 is 1.90. The zero-order valence-electron chi connectivity index (χ0n) is 11.8. The molecule has 1 saturated carbocycles. The fourth-order valence-electron chi connectivity index (χ4n) is 3.34. The fraction of sp³-hybridized carbons (Fsp3) is 0.562. The van der Waals surface area contributed by atoms with Crippen LogP contribution in [0.4, 0.5) is 0 Å². The number of rotatable bonds is 2. The van der Waals surface area contributed by atoms with Crippen molar-refractivity contribution in [3.05, 3.63) is 35.9 Å². The van der Waals surface area contributed by atoms with Gasteiger partial charge >= 0.3 is 5.97 Å². The second-order valence-electron chi connectivity index (χ2n) is 5.71. The van der Waals surface area contributed by atoms with Crippen molar-refractivity contribution in [1.82, 2.24) is 5.32 Å². The van der Waals surface area contributed by atoms with Crippen LogP contribution in [0.25, 0.3) is 0 Å². The van der Waals surface area contributed by atoms with Crippen LogP contribution in [0.5, 0.6) is 0 Å². The molecule has 108 valence electrons. The number of thioether (sulfide) groups is 1. The number of carbonyl (C=O) groups excluding carboxylic acids is 1. The standard InChI is InChI=1S/C16H21NO2S/c1-19-15(18)14-11-20-16(17-14)9-7-13(8-10-16)12-5-3-2-4-6-12/h2-6,13-14,17H,7-11H2,1H3. The average molecular weight is 291 g/mol. The Morgan fingerprint density at radius 1 is 1.30 bits per heavy atom. The summed E-state index contributed by atoms with van der Waals surface area (Å²) in [6.07, 6.45) is 4.64. The van der Waals surface area contributed by atoms with E-state index in [1.807, 2.05) is 11.8 Å². The minimum atomic E-state index is -0.127. The van der Waals surface area contributed by atoms with E-state index in [0.717, 1.165) is 18.6 Å². The van der Waals surface area contributed by atoms with Gasteiger partial charge in [0.15, 0.2) is 0 Å². The van der Waals surface area contributed by atoms with Gasteiger partial charge in [-0.2, -0.15) is 0 Å². The van der Waals surface area contributed by atoms with Crippen molar-refractivity contribution in [2.75, 3.05) is 12.9 Å². The molecule has 0 radical (unpaired) electrons. The number of hydrogen-bond acceptors (Lipinski definition) is 4. The number of nitrogens with one attached hydrogen (secondary N) is 1. The van der Waals surface area contributed by atoms with Gasteiger partial charge in [-0.1, -0.05) is 30.3 Å². The molecular weight excluding hydrogens is 270 g/mol. The molecular formula is C16H21NO2S. The minimum Gasteiger partial charge on any atom is -0.468 e. The maximum absolute atomic E-state index is 11.6. The van der Waals surface area contributed by atoms with E-state index in [9.17, 15) is 4.79 Å². The summed E-state index contributed by atoms with van der Waals surface area (Å²) in [5, 5.41) is 3.52. The molecule has 1 atom stereocenters. The fourth-order valence-corrected chi connectivity index (χ4v) is 4.80. The van der Waals surface area contributed by atoms with E-state index in [2.05, 4.69) is 35.6 Å². The first kappa shape index (κ1) is 14.0. The molecule has 1 spiro atoms. The lowest BCUT2D eigenvalue weighted by Crippen LogP contribution is -2.47. The first-order valence-electron chi connectivity index (χ1n) is 7.27. The monoisotopic (exact) mass is 291 g/mol. The molecule has 1 heterocycles. The first-order valence-corrected chi connectivity index (χ1v) is 8.25. The molecule has 1 unspecified atom stereocenters. The summed E-state index contributed by atoms with van der Waals surface area (Å²) in [6.45, 7) is 0. The smallest absolute Gasteiger partial charge is 0.323 e. The summed E-state index contributed by atoms with van der Waals surface area (Å²) in [7, 11) is 1.46. The Bertz CT molecular complexity index is 469. The topological polar surface area (TPSA) is 38.3 Å². The SMILES string of the molecule is COC(=O)C1CSC2(CCC(c3ccccc3)CC2)N1. The number of benzene rings is 1. The molecule has 0 amide bonds. The van der Waals surface area contributed by atoms with Crippen molar-refractivity contribution in [2.45, 2.75) is 42.5 Å². The van der Waals surface area contributed by atoms with Crippen LogP contribution in [0.15, 0.2) is 30.3 Å². The van der Waals surface area contributed by atoms with Gasteiger partial charge in [0.25, 0.3) is 0 Å². The van der Waals surface area contributed by atoms with E-state index in [-0.39, 0.29) is 16.9 Å². The van der Waals surface area contributed by atoms with Crippen molar-refractivity contribution in [3.8, 4) is 0 Å². The van der Waals surface area contributed by atoms with Gasteiger partial charge in [0, 0.05) is 5.75 Å². The average Bonchev–Trinajstić information content (AvgIpc) is 2.92. The summed E-state index contributed by atoms with van der Waals surface area (Å²) in [5.41, 5.74) is 1.45. The molecule has 0 bridgehead atoms. The molecule has 0 aromatic heterocycles. The lowest BCUT2D eigenvalue weighted by atomic mass is 9.81. The van der Waals surface area contributed by atoms with Crippen LogP contribution in [0.3, 0.4) is 0 Å². The molecule has 1 N–H and O–H groups in total. The van der Waals surface area contributed by atoms with Gasteiger partial charge in [0.1, 0.15) is 6.04 Å². The predicted molar refractivity (Wildman–Crippen MR) is 81.8 cm³/mol. The third kappa shape index (κ3) is 2.72. The number of ether oxygens (including phenoxy) is 1. The summed E-state index contributed by atoms with van der Waals surface area (Å²) in [4.78, 5) is 11.7. The second-order valence-corrected chi connectivity index (χ2v) is 7.11. The third-order valence-corrected chi connectivity index (χ3v) is 6.09. The molecule has 2 fully saturated rings. The Morgan fingerprint density at radius 3 is 2.65 bits per heavy atom. The van der Waals surface area contributed by atoms with E-state index in [1.54, 1.807) is 0 Å². The molecule has 1 aliphatic carbocycles. The number of methoxy groups -OCH3 is 1. The number of hydrogen-bond donors (Lipinski definition) is 1. The third-order valence-electron chi connectivity index (χ3n) is 4.51. The first-order chi connectivity index (χ1) is 9.72. The molecule has 2 aliphatic rings. The Hall–Kier alpha value is -1.00. The number of carbonyl (C=O) groups is 1. The number of esters is 1. The lowest BCUT2D eigenvalue weighted by Gasteiger charge is -2.37. The molecule has 4 heteroatoms. The quantitative estimate of drug-likeness (QED) is 0.850. The Morgan fingerprint density at radius 2 is 2.00 bits per heavy atom. The van der Waals surface area contributed by atoms with Gasteiger partial charge < -0.3 is 4.74 Å². The van der Waals surface area contributed by atoms with Crippen molar-refractivity contribution in [2.24, 2.45) is 0 Å². The summed E-state index contributed by atoms with van der Waals surface area (Å²) in [5.74, 6) is 1.38. The van der Waals surface area contributed by atoms with Crippen LogP contribution >= 0.6 is 11.8 Å². The van der Waals surface area contributed by atoms with Crippen LogP contribution in [0, 0.1) is 0 Å². The maximum atomic E-state index is 11.6.